The second-order valence-corrected chi connectivity index (χ2v) is 11.7. The molecule has 0 heterocycles. The maximum atomic E-state index is 12.3. The first-order valence-electron chi connectivity index (χ1n) is 17.8. The number of amides is 1. The molecule has 0 aliphatic rings. The van der Waals surface area contributed by atoms with Gasteiger partial charge in [-0.15, -0.1) is 0 Å². The van der Waals surface area contributed by atoms with Gasteiger partial charge in [-0.2, -0.15) is 0 Å². The third kappa shape index (κ3) is 32.3. The van der Waals surface area contributed by atoms with E-state index in [4.69, 9.17) is 9.84 Å². The highest BCUT2D eigenvalue weighted by atomic mass is 16.5. The second kappa shape index (κ2) is 33.3. The van der Waals surface area contributed by atoms with E-state index < -0.39 is 5.97 Å². The molecule has 0 saturated heterocycles. The van der Waals surface area contributed by atoms with Gasteiger partial charge in [-0.3, -0.25) is 14.4 Å². The van der Waals surface area contributed by atoms with Crippen LogP contribution in [0.3, 0.4) is 0 Å². The smallest absolute Gasteiger partial charge is 0.322 e. The van der Waals surface area contributed by atoms with E-state index in [1.165, 1.54) is 57.8 Å². The van der Waals surface area contributed by atoms with E-state index in [-0.39, 0.29) is 24.5 Å². The first kappa shape index (κ1) is 41.4. The van der Waals surface area contributed by atoms with Gasteiger partial charge in [0, 0.05) is 12.8 Å². The largest absolute Gasteiger partial charge is 0.480 e. The van der Waals surface area contributed by atoms with Crippen LogP contribution in [0.2, 0.25) is 0 Å². The monoisotopic (exact) mass is 615 g/mol. The van der Waals surface area contributed by atoms with E-state index in [9.17, 15) is 14.4 Å². The molecule has 252 valence electrons. The normalized spacial score (nSPS) is 12.6. The number of carbonyl (C=O) groups is 3. The fraction of sp³-hybridized carbons (Fsp3) is 0.711. The SMILES string of the molecule is CC/C=C\C/C=C\C/C=C\C/C=C\CCCCCCCCCCCCC(=O)OC(CCC)CCCCCC(=O)NCC(=O)O. The molecule has 0 radical (unpaired) electrons. The van der Waals surface area contributed by atoms with Crippen LogP contribution in [0.5, 0.6) is 0 Å². The van der Waals surface area contributed by atoms with Crippen molar-refractivity contribution >= 4 is 17.8 Å². The van der Waals surface area contributed by atoms with Crippen molar-refractivity contribution in [3.8, 4) is 0 Å². The van der Waals surface area contributed by atoms with Crippen molar-refractivity contribution in [3.63, 3.8) is 0 Å². The minimum Gasteiger partial charge on any atom is -0.480 e. The number of aliphatic carboxylic acids is 1. The standard InChI is InChI=1S/C38H65NO5/c1-3-5-6-7-8-9-10-11-12-13-14-15-16-17-18-19-20-21-22-23-24-25-29-33-38(43)44-35(30-4-2)31-27-26-28-32-36(40)39-34-37(41)42/h5-6,8-9,11-12,14-15,35H,3-4,7,10,13,16-34H2,1-2H3,(H,39,40)(H,41,42)/b6-5-,9-8-,12-11-,15-14-. The molecule has 0 spiro atoms. The van der Waals surface area contributed by atoms with Crippen LogP contribution in [-0.4, -0.2) is 35.6 Å². The van der Waals surface area contributed by atoms with Crippen LogP contribution in [0.1, 0.15) is 162 Å². The maximum absolute atomic E-state index is 12.3. The zero-order valence-corrected chi connectivity index (χ0v) is 28.2. The lowest BCUT2D eigenvalue weighted by atomic mass is 10.0. The van der Waals surface area contributed by atoms with Gasteiger partial charge in [0.1, 0.15) is 12.6 Å². The Morgan fingerprint density at radius 1 is 0.614 bits per heavy atom. The van der Waals surface area contributed by atoms with E-state index in [1.54, 1.807) is 0 Å². The van der Waals surface area contributed by atoms with Crippen molar-refractivity contribution in [2.75, 3.05) is 6.54 Å². The Morgan fingerprint density at radius 2 is 1.11 bits per heavy atom. The van der Waals surface area contributed by atoms with Gasteiger partial charge >= 0.3 is 11.9 Å². The van der Waals surface area contributed by atoms with Crippen molar-refractivity contribution in [1.82, 2.24) is 5.32 Å². The van der Waals surface area contributed by atoms with Crippen molar-refractivity contribution in [3.05, 3.63) is 48.6 Å². The quantitative estimate of drug-likeness (QED) is 0.0460. The molecule has 0 bridgehead atoms. The Morgan fingerprint density at radius 3 is 1.68 bits per heavy atom. The number of nitrogens with one attached hydrogen (secondary N) is 1. The molecule has 1 amide bonds. The van der Waals surface area contributed by atoms with Gasteiger partial charge in [-0.05, 0) is 70.6 Å². The molecular formula is C38H65NO5. The maximum Gasteiger partial charge on any atom is 0.322 e. The molecule has 0 saturated carbocycles. The lowest BCUT2D eigenvalue weighted by Crippen LogP contribution is -2.28. The van der Waals surface area contributed by atoms with Gasteiger partial charge in [0.2, 0.25) is 5.91 Å². The summed E-state index contributed by atoms with van der Waals surface area (Å²) < 4.78 is 5.74. The van der Waals surface area contributed by atoms with Crippen LogP contribution in [-0.2, 0) is 19.1 Å². The number of allylic oxidation sites excluding steroid dienone is 8. The first-order chi connectivity index (χ1) is 21.5. The minimum absolute atomic E-state index is 0.0396. The Balaban J connectivity index is 3.59. The Kier molecular flexibility index (Phi) is 31.3. The van der Waals surface area contributed by atoms with Gasteiger partial charge in [0.25, 0.3) is 0 Å². The zero-order valence-electron chi connectivity index (χ0n) is 28.2. The van der Waals surface area contributed by atoms with Crippen LogP contribution in [0.25, 0.3) is 0 Å². The van der Waals surface area contributed by atoms with Crippen molar-refractivity contribution in [2.45, 2.75) is 168 Å². The highest BCUT2D eigenvalue weighted by Gasteiger charge is 2.13. The third-order valence-electron chi connectivity index (χ3n) is 7.50. The Labute approximate surface area is 269 Å². The van der Waals surface area contributed by atoms with Gasteiger partial charge in [-0.1, -0.05) is 127 Å². The number of carboxylic acid groups (broad SMARTS) is 1. The molecule has 0 rings (SSSR count). The fourth-order valence-corrected chi connectivity index (χ4v) is 4.97. The molecule has 44 heavy (non-hydrogen) atoms. The topological polar surface area (TPSA) is 92.7 Å². The summed E-state index contributed by atoms with van der Waals surface area (Å²) in [4.78, 5) is 34.4. The first-order valence-corrected chi connectivity index (χ1v) is 17.8. The summed E-state index contributed by atoms with van der Waals surface area (Å²) in [7, 11) is 0. The summed E-state index contributed by atoms with van der Waals surface area (Å²) in [6.45, 7) is 3.93. The van der Waals surface area contributed by atoms with Crippen molar-refractivity contribution < 1.29 is 24.2 Å². The molecule has 2 N–H and O–H groups in total. The van der Waals surface area contributed by atoms with E-state index >= 15 is 0 Å². The number of hydrogen-bond acceptors (Lipinski definition) is 4. The van der Waals surface area contributed by atoms with Crippen molar-refractivity contribution in [1.29, 1.82) is 0 Å². The number of rotatable bonds is 31. The molecule has 6 heteroatoms. The van der Waals surface area contributed by atoms with Crippen molar-refractivity contribution in [2.24, 2.45) is 0 Å². The Bertz CT molecular complexity index is 814. The summed E-state index contributed by atoms with van der Waals surface area (Å²) in [6, 6.07) is 0. The number of esters is 1. The fourth-order valence-electron chi connectivity index (χ4n) is 4.97. The van der Waals surface area contributed by atoms with Gasteiger partial charge in [-0.25, -0.2) is 0 Å². The predicted molar refractivity (Wildman–Crippen MR) is 185 cm³/mol. The molecule has 0 fully saturated rings. The van der Waals surface area contributed by atoms with Crippen LogP contribution in [0.15, 0.2) is 48.6 Å². The molecule has 1 unspecified atom stereocenters. The van der Waals surface area contributed by atoms with E-state index in [2.05, 4.69) is 67.8 Å². The van der Waals surface area contributed by atoms with Gasteiger partial charge in [0.15, 0.2) is 0 Å². The summed E-state index contributed by atoms with van der Waals surface area (Å²) in [5, 5.41) is 11.0. The lowest BCUT2D eigenvalue weighted by molar-refractivity contribution is -0.150. The molecular weight excluding hydrogens is 550 g/mol. The van der Waals surface area contributed by atoms with Crippen LogP contribution in [0.4, 0.5) is 0 Å². The number of carbonyl (C=O) groups excluding carboxylic acids is 2. The molecule has 1 atom stereocenters. The summed E-state index contributed by atoms with van der Waals surface area (Å²) >= 11 is 0. The van der Waals surface area contributed by atoms with E-state index in [0.717, 1.165) is 70.6 Å². The summed E-state index contributed by atoms with van der Waals surface area (Å²) in [5.74, 6) is -1.34. The number of carboxylic acids is 1. The zero-order chi connectivity index (χ0) is 32.4. The van der Waals surface area contributed by atoms with E-state index in [0.29, 0.717) is 19.3 Å². The number of unbranched alkanes of at least 4 members (excludes halogenated alkanes) is 12. The summed E-state index contributed by atoms with van der Waals surface area (Å²) in [5.41, 5.74) is 0. The molecule has 0 aromatic heterocycles. The van der Waals surface area contributed by atoms with Crippen LogP contribution in [0, 0.1) is 0 Å². The average Bonchev–Trinajstić information content (AvgIpc) is 3.00. The van der Waals surface area contributed by atoms with Crippen LogP contribution >= 0.6 is 0 Å². The minimum atomic E-state index is -1.03. The number of ether oxygens (including phenoxy) is 1. The molecule has 0 aliphatic heterocycles. The molecule has 0 aromatic carbocycles. The molecule has 0 aliphatic carbocycles. The molecule has 6 nitrogen and oxygen atoms in total. The number of hydrogen-bond donors (Lipinski definition) is 2. The van der Waals surface area contributed by atoms with Gasteiger partial charge in [0.05, 0.1) is 0 Å². The highest BCUT2D eigenvalue weighted by Crippen LogP contribution is 2.16. The third-order valence-corrected chi connectivity index (χ3v) is 7.50. The molecule has 0 aromatic rings. The lowest BCUT2D eigenvalue weighted by Gasteiger charge is -2.17. The van der Waals surface area contributed by atoms with E-state index in [1.807, 2.05) is 0 Å². The second-order valence-electron chi connectivity index (χ2n) is 11.7. The summed E-state index contributed by atoms with van der Waals surface area (Å²) in [6.07, 6.45) is 41.7. The predicted octanol–water partition coefficient (Wildman–Crippen LogP) is 10.3. The van der Waals surface area contributed by atoms with Gasteiger partial charge < -0.3 is 15.2 Å². The highest BCUT2D eigenvalue weighted by molar-refractivity contribution is 5.80. The van der Waals surface area contributed by atoms with Crippen LogP contribution < -0.4 is 5.32 Å². The Hall–Kier alpha value is -2.63. The average molecular weight is 616 g/mol.